The molecule has 2 aliphatic rings. The number of benzene rings is 1. The van der Waals surface area contributed by atoms with Crippen molar-refractivity contribution in [1.82, 2.24) is 5.32 Å². The fourth-order valence-corrected chi connectivity index (χ4v) is 3.98. The van der Waals surface area contributed by atoms with Gasteiger partial charge in [-0.1, -0.05) is 12.5 Å². The molecule has 2 bridgehead atoms. The van der Waals surface area contributed by atoms with E-state index in [9.17, 15) is 4.79 Å². The second-order valence-electron chi connectivity index (χ2n) is 6.23. The normalized spacial score (nSPS) is 28.8. The summed E-state index contributed by atoms with van der Waals surface area (Å²) in [6, 6.07) is 7.45. The summed E-state index contributed by atoms with van der Waals surface area (Å²) in [5.41, 5.74) is 7.02. The highest BCUT2D eigenvalue weighted by Crippen LogP contribution is 2.49. The van der Waals surface area contributed by atoms with Crippen LogP contribution in [0.4, 0.5) is 5.69 Å². The van der Waals surface area contributed by atoms with Crippen LogP contribution in [0, 0.1) is 17.8 Å². The SMILES string of the molecule is CC(NC(=O)c1cccc(N)c1)C1CC2CCC1C2.Cl. The topological polar surface area (TPSA) is 55.1 Å². The van der Waals surface area contributed by atoms with Gasteiger partial charge in [-0.2, -0.15) is 0 Å². The maximum atomic E-state index is 12.2. The number of amides is 1. The third-order valence-electron chi connectivity index (χ3n) is 4.94. The minimum Gasteiger partial charge on any atom is -0.399 e. The van der Waals surface area contributed by atoms with Crippen molar-refractivity contribution in [3.05, 3.63) is 29.8 Å². The van der Waals surface area contributed by atoms with Crippen molar-refractivity contribution in [3.63, 3.8) is 0 Å². The fourth-order valence-electron chi connectivity index (χ4n) is 3.98. The van der Waals surface area contributed by atoms with Crippen molar-refractivity contribution < 1.29 is 4.79 Å². The van der Waals surface area contributed by atoms with E-state index in [1.807, 2.05) is 12.1 Å². The molecular weight excluding hydrogens is 272 g/mol. The molecule has 0 heterocycles. The Morgan fingerprint density at radius 2 is 2.15 bits per heavy atom. The number of halogens is 1. The van der Waals surface area contributed by atoms with Gasteiger partial charge in [0.1, 0.15) is 0 Å². The number of nitrogens with two attached hydrogens (primary N) is 1. The zero-order chi connectivity index (χ0) is 13.4. The maximum Gasteiger partial charge on any atom is 0.251 e. The average molecular weight is 295 g/mol. The Hall–Kier alpha value is -1.22. The van der Waals surface area contributed by atoms with Crippen LogP contribution in [0.3, 0.4) is 0 Å². The second-order valence-corrected chi connectivity index (χ2v) is 6.23. The van der Waals surface area contributed by atoms with Crippen LogP contribution >= 0.6 is 12.4 Å². The van der Waals surface area contributed by atoms with Gasteiger partial charge < -0.3 is 11.1 Å². The highest BCUT2D eigenvalue weighted by Gasteiger charge is 2.42. The first-order valence-corrected chi connectivity index (χ1v) is 7.30. The Morgan fingerprint density at radius 3 is 2.75 bits per heavy atom. The van der Waals surface area contributed by atoms with Crippen molar-refractivity contribution in [2.45, 2.75) is 38.6 Å². The molecule has 110 valence electrons. The monoisotopic (exact) mass is 294 g/mol. The number of carbonyl (C=O) groups excluding carboxylic acids is 1. The Bertz CT molecular complexity index is 491. The number of hydrogen-bond acceptors (Lipinski definition) is 2. The van der Waals surface area contributed by atoms with Gasteiger partial charge in [0.05, 0.1) is 0 Å². The number of fused-ring (bicyclic) bond motifs is 2. The van der Waals surface area contributed by atoms with E-state index in [1.165, 1.54) is 25.7 Å². The average Bonchev–Trinajstić information content (AvgIpc) is 3.00. The van der Waals surface area contributed by atoms with Crippen molar-refractivity contribution in [3.8, 4) is 0 Å². The van der Waals surface area contributed by atoms with Gasteiger partial charge in [0, 0.05) is 17.3 Å². The lowest BCUT2D eigenvalue weighted by Crippen LogP contribution is -2.40. The molecule has 3 N–H and O–H groups in total. The van der Waals surface area contributed by atoms with Crippen LogP contribution < -0.4 is 11.1 Å². The first-order chi connectivity index (χ1) is 9.13. The molecule has 20 heavy (non-hydrogen) atoms. The van der Waals surface area contributed by atoms with Crippen LogP contribution in [0.1, 0.15) is 43.0 Å². The van der Waals surface area contributed by atoms with Crippen LogP contribution in [-0.4, -0.2) is 11.9 Å². The second kappa shape index (κ2) is 6.04. The molecular formula is C16H23ClN2O. The Morgan fingerprint density at radius 1 is 1.35 bits per heavy atom. The van der Waals surface area contributed by atoms with Gasteiger partial charge in [-0.3, -0.25) is 4.79 Å². The summed E-state index contributed by atoms with van der Waals surface area (Å²) in [5.74, 6) is 2.43. The molecule has 2 saturated carbocycles. The number of carbonyl (C=O) groups is 1. The molecule has 0 radical (unpaired) electrons. The fraction of sp³-hybridized carbons (Fsp3) is 0.562. The van der Waals surface area contributed by atoms with Crippen LogP contribution in [0.25, 0.3) is 0 Å². The van der Waals surface area contributed by atoms with Crippen molar-refractivity contribution in [2.75, 3.05) is 5.73 Å². The maximum absolute atomic E-state index is 12.2. The Labute approximate surface area is 126 Å². The molecule has 4 heteroatoms. The predicted molar refractivity (Wildman–Crippen MR) is 84.0 cm³/mol. The molecule has 3 nitrogen and oxygen atoms in total. The van der Waals surface area contributed by atoms with Gasteiger partial charge in [-0.15, -0.1) is 12.4 Å². The Kier molecular flexibility index (Phi) is 4.59. The van der Waals surface area contributed by atoms with E-state index in [1.54, 1.807) is 12.1 Å². The minimum absolute atomic E-state index is 0. The summed E-state index contributed by atoms with van der Waals surface area (Å²) >= 11 is 0. The molecule has 1 amide bonds. The van der Waals surface area contributed by atoms with Crippen LogP contribution in [0.2, 0.25) is 0 Å². The molecule has 0 saturated heterocycles. The first-order valence-electron chi connectivity index (χ1n) is 7.30. The molecule has 0 aliphatic heterocycles. The first kappa shape index (κ1) is 15.2. The largest absolute Gasteiger partial charge is 0.399 e. The number of nitrogens with one attached hydrogen (secondary N) is 1. The number of anilines is 1. The molecule has 4 atom stereocenters. The van der Waals surface area contributed by atoms with Crippen molar-refractivity contribution >= 4 is 24.0 Å². The summed E-state index contributed by atoms with van der Waals surface area (Å²) in [4.78, 5) is 12.2. The quantitative estimate of drug-likeness (QED) is 0.841. The summed E-state index contributed by atoms with van der Waals surface area (Å²) in [5, 5.41) is 3.16. The lowest BCUT2D eigenvalue weighted by molar-refractivity contribution is 0.0915. The molecule has 1 aromatic rings. The highest BCUT2D eigenvalue weighted by atomic mass is 35.5. The van der Waals surface area contributed by atoms with Gasteiger partial charge in [-0.25, -0.2) is 0 Å². The smallest absolute Gasteiger partial charge is 0.251 e. The summed E-state index contributed by atoms with van der Waals surface area (Å²) in [6.45, 7) is 2.15. The third-order valence-corrected chi connectivity index (χ3v) is 4.94. The standard InChI is InChI=1S/C16H22N2O.ClH/c1-10(15-8-11-5-6-12(15)7-11)18-16(19)13-3-2-4-14(17)9-13;/h2-4,9-12,15H,5-8,17H2,1H3,(H,18,19);1H. The van der Waals surface area contributed by atoms with E-state index in [0.29, 0.717) is 17.2 Å². The molecule has 3 rings (SSSR count). The molecule has 2 aliphatic carbocycles. The van der Waals surface area contributed by atoms with Crippen LogP contribution in [-0.2, 0) is 0 Å². The van der Waals surface area contributed by atoms with E-state index in [4.69, 9.17) is 5.73 Å². The zero-order valence-corrected chi connectivity index (χ0v) is 12.7. The van der Waals surface area contributed by atoms with Crippen LogP contribution in [0.5, 0.6) is 0 Å². The summed E-state index contributed by atoms with van der Waals surface area (Å²) in [6.07, 6.45) is 5.43. The van der Waals surface area contributed by atoms with Gasteiger partial charge in [-0.05, 0) is 62.1 Å². The van der Waals surface area contributed by atoms with Crippen molar-refractivity contribution in [2.24, 2.45) is 17.8 Å². The van der Waals surface area contributed by atoms with E-state index < -0.39 is 0 Å². The highest BCUT2D eigenvalue weighted by molar-refractivity contribution is 5.95. The number of hydrogen-bond donors (Lipinski definition) is 2. The number of nitrogen functional groups attached to an aromatic ring is 1. The van der Waals surface area contributed by atoms with E-state index in [-0.39, 0.29) is 24.4 Å². The van der Waals surface area contributed by atoms with Crippen LogP contribution in [0.15, 0.2) is 24.3 Å². The summed E-state index contributed by atoms with van der Waals surface area (Å²) < 4.78 is 0. The lowest BCUT2D eigenvalue weighted by Gasteiger charge is -2.28. The summed E-state index contributed by atoms with van der Waals surface area (Å²) in [7, 11) is 0. The van der Waals surface area contributed by atoms with Gasteiger partial charge in [0.2, 0.25) is 0 Å². The molecule has 0 aromatic heterocycles. The minimum atomic E-state index is 0. The zero-order valence-electron chi connectivity index (χ0n) is 11.8. The van der Waals surface area contributed by atoms with E-state index >= 15 is 0 Å². The van der Waals surface area contributed by atoms with Gasteiger partial charge in [0.25, 0.3) is 5.91 Å². The van der Waals surface area contributed by atoms with Gasteiger partial charge in [0.15, 0.2) is 0 Å². The van der Waals surface area contributed by atoms with E-state index in [2.05, 4.69) is 12.2 Å². The lowest BCUT2D eigenvalue weighted by atomic mass is 9.84. The molecule has 2 fully saturated rings. The van der Waals surface area contributed by atoms with E-state index in [0.717, 1.165) is 11.8 Å². The Balaban J connectivity index is 0.00000147. The number of rotatable bonds is 3. The van der Waals surface area contributed by atoms with Gasteiger partial charge >= 0.3 is 0 Å². The molecule has 1 aromatic carbocycles. The molecule has 0 spiro atoms. The third kappa shape index (κ3) is 2.93. The molecule has 4 unspecified atom stereocenters. The van der Waals surface area contributed by atoms with Crippen molar-refractivity contribution in [1.29, 1.82) is 0 Å². The predicted octanol–water partition coefficient (Wildman–Crippen LogP) is 3.25.